The van der Waals surface area contributed by atoms with Gasteiger partial charge in [0.25, 0.3) is 0 Å². The summed E-state index contributed by atoms with van der Waals surface area (Å²) in [6, 6.07) is 11.7. The molecule has 0 unspecified atom stereocenters. The topological polar surface area (TPSA) is 61.6 Å². The third-order valence-corrected chi connectivity index (χ3v) is 2.78. The number of anilines is 1. The second-order valence-electron chi connectivity index (χ2n) is 4.31. The molecule has 96 valence electrons. The van der Waals surface area contributed by atoms with Crippen LogP contribution >= 0.6 is 0 Å². The summed E-state index contributed by atoms with van der Waals surface area (Å²) in [5, 5.41) is 12.1. The summed E-state index contributed by atoms with van der Waals surface area (Å²) in [4.78, 5) is 8.69. The van der Waals surface area contributed by atoms with Crippen LogP contribution in [0.1, 0.15) is 29.6 Å². The second-order valence-corrected chi connectivity index (χ2v) is 4.31. The first-order valence-corrected chi connectivity index (χ1v) is 6.28. The standard InChI is InChI=1S/C15H16N4/c1-3-14-8-15(19-11(2)18-14)17-10-13-6-4-5-12(7-13)9-16/h4-8H,3,10H2,1-2H3,(H,17,18,19). The normalized spacial score (nSPS) is 9.95. The molecule has 4 nitrogen and oxygen atoms in total. The van der Waals surface area contributed by atoms with E-state index in [1.165, 1.54) is 0 Å². The van der Waals surface area contributed by atoms with Crippen LogP contribution in [-0.4, -0.2) is 9.97 Å². The molecule has 0 bridgehead atoms. The van der Waals surface area contributed by atoms with Crippen molar-refractivity contribution in [3.05, 3.63) is 53.0 Å². The molecule has 1 N–H and O–H groups in total. The van der Waals surface area contributed by atoms with Gasteiger partial charge in [0.2, 0.25) is 0 Å². The molecule has 0 atom stereocenters. The highest BCUT2D eigenvalue weighted by Crippen LogP contribution is 2.10. The molecule has 1 aromatic carbocycles. The fourth-order valence-electron chi connectivity index (χ4n) is 1.84. The summed E-state index contributed by atoms with van der Waals surface area (Å²) >= 11 is 0. The van der Waals surface area contributed by atoms with Crippen LogP contribution in [0.5, 0.6) is 0 Å². The van der Waals surface area contributed by atoms with Crippen molar-refractivity contribution in [2.24, 2.45) is 0 Å². The molecule has 1 heterocycles. The Balaban J connectivity index is 2.10. The van der Waals surface area contributed by atoms with E-state index < -0.39 is 0 Å². The molecule has 4 heteroatoms. The van der Waals surface area contributed by atoms with Gasteiger partial charge in [-0.2, -0.15) is 5.26 Å². The van der Waals surface area contributed by atoms with Crippen molar-refractivity contribution in [2.45, 2.75) is 26.8 Å². The van der Waals surface area contributed by atoms with Crippen molar-refractivity contribution in [1.82, 2.24) is 9.97 Å². The molecular weight excluding hydrogens is 236 g/mol. The highest BCUT2D eigenvalue weighted by atomic mass is 15.0. The van der Waals surface area contributed by atoms with E-state index in [1.54, 1.807) is 6.07 Å². The predicted molar refractivity (Wildman–Crippen MR) is 74.6 cm³/mol. The summed E-state index contributed by atoms with van der Waals surface area (Å²) in [6.07, 6.45) is 0.891. The predicted octanol–water partition coefficient (Wildman–Crippen LogP) is 2.83. The molecule has 0 amide bonds. The fourth-order valence-corrected chi connectivity index (χ4v) is 1.84. The van der Waals surface area contributed by atoms with Gasteiger partial charge in [-0.05, 0) is 31.0 Å². The third kappa shape index (κ3) is 3.52. The lowest BCUT2D eigenvalue weighted by Crippen LogP contribution is -2.04. The summed E-state index contributed by atoms with van der Waals surface area (Å²) in [7, 11) is 0. The Labute approximate surface area is 113 Å². The molecule has 19 heavy (non-hydrogen) atoms. The Morgan fingerprint density at radius 2 is 2.11 bits per heavy atom. The summed E-state index contributed by atoms with van der Waals surface area (Å²) in [5.41, 5.74) is 2.77. The molecule has 0 saturated carbocycles. The van der Waals surface area contributed by atoms with Crippen molar-refractivity contribution in [3.8, 4) is 6.07 Å². The van der Waals surface area contributed by atoms with Crippen LogP contribution in [0, 0.1) is 18.3 Å². The maximum Gasteiger partial charge on any atom is 0.130 e. The number of benzene rings is 1. The fraction of sp³-hybridized carbons (Fsp3) is 0.267. The molecule has 0 aliphatic heterocycles. The number of aryl methyl sites for hydroxylation is 2. The van der Waals surface area contributed by atoms with Crippen LogP contribution in [-0.2, 0) is 13.0 Å². The molecule has 0 spiro atoms. The molecule has 1 aromatic heterocycles. The number of hydrogen-bond donors (Lipinski definition) is 1. The van der Waals surface area contributed by atoms with Crippen molar-refractivity contribution in [2.75, 3.05) is 5.32 Å². The van der Waals surface area contributed by atoms with Gasteiger partial charge in [0.15, 0.2) is 0 Å². The Morgan fingerprint density at radius 3 is 2.84 bits per heavy atom. The van der Waals surface area contributed by atoms with Gasteiger partial charge in [-0.3, -0.25) is 0 Å². The zero-order valence-electron chi connectivity index (χ0n) is 11.1. The highest BCUT2D eigenvalue weighted by Gasteiger charge is 2.01. The lowest BCUT2D eigenvalue weighted by atomic mass is 10.1. The zero-order chi connectivity index (χ0) is 13.7. The Kier molecular flexibility index (Phi) is 4.09. The van der Waals surface area contributed by atoms with Gasteiger partial charge >= 0.3 is 0 Å². The quantitative estimate of drug-likeness (QED) is 0.908. The minimum absolute atomic E-state index is 0.648. The highest BCUT2D eigenvalue weighted by molar-refractivity contribution is 5.39. The molecule has 0 aliphatic rings. The van der Waals surface area contributed by atoms with E-state index in [0.717, 1.165) is 29.3 Å². The van der Waals surface area contributed by atoms with Crippen LogP contribution in [0.15, 0.2) is 30.3 Å². The van der Waals surface area contributed by atoms with Gasteiger partial charge in [0.1, 0.15) is 11.6 Å². The Hall–Kier alpha value is -2.41. The maximum atomic E-state index is 8.86. The maximum absolute atomic E-state index is 8.86. The molecule has 2 rings (SSSR count). The van der Waals surface area contributed by atoms with Gasteiger partial charge in [0, 0.05) is 18.3 Å². The molecular formula is C15H16N4. The van der Waals surface area contributed by atoms with E-state index in [0.29, 0.717) is 12.1 Å². The van der Waals surface area contributed by atoms with Crippen molar-refractivity contribution in [1.29, 1.82) is 5.26 Å². The monoisotopic (exact) mass is 252 g/mol. The summed E-state index contributed by atoms with van der Waals surface area (Å²) in [6.45, 7) is 4.61. The van der Waals surface area contributed by atoms with Crippen LogP contribution in [0.3, 0.4) is 0 Å². The molecule has 2 aromatic rings. The van der Waals surface area contributed by atoms with Crippen LogP contribution in [0.2, 0.25) is 0 Å². The number of nitrogens with zero attached hydrogens (tertiary/aromatic N) is 3. The second kappa shape index (κ2) is 5.96. The zero-order valence-corrected chi connectivity index (χ0v) is 11.1. The summed E-state index contributed by atoms with van der Waals surface area (Å²) in [5.74, 6) is 1.60. The third-order valence-electron chi connectivity index (χ3n) is 2.78. The van der Waals surface area contributed by atoms with Crippen LogP contribution < -0.4 is 5.32 Å². The minimum Gasteiger partial charge on any atom is -0.366 e. The van der Waals surface area contributed by atoms with Gasteiger partial charge in [0.05, 0.1) is 11.6 Å². The molecule has 0 aliphatic carbocycles. The lowest BCUT2D eigenvalue weighted by molar-refractivity contribution is 0.941. The average Bonchev–Trinajstić information content (AvgIpc) is 2.44. The van der Waals surface area contributed by atoms with Crippen LogP contribution in [0.25, 0.3) is 0 Å². The first kappa shape index (κ1) is 13.0. The average molecular weight is 252 g/mol. The van der Waals surface area contributed by atoms with Gasteiger partial charge in [-0.15, -0.1) is 0 Å². The van der Waals surface area contributed by atoms with Gasteiger partial charge in [-0.1, -0.05) is 19.1 Å². The smallest absolute Gasteiger partial charge is 0.130 e. The number of nitriles is 1. The van der Waals surface area contributed by atoms with Crippen molar-refractivity contribution < 1.29 is 0 Å². The molecule has 0 fully saturated rings. The van der Waals surface area contributed by atoms with Crippen molar-refractivity contribution >= 4 is 5.82 Å². The van der Waals surface area contributed by atoms with E-state index in [1.807, 2.05) is 31.2 Å². The van der Waals surface area contributed by atoms with E-state index in [2.05, 4.69) is 28.3 Å². The van der Waals surface area contributed by atoms with Gasteiger partial charge < -0.3 is 5.32 Å². The molecule has 0 radical (unpaired) electrons. The number of nitrogens with one attached hydrogen (secondary N) is 1. The lowest BCUT2D eigenvalue weighted by Gasteiger charge is -2.08. The van der Waals surface area contributed by atoms with Crippen molar-refractivity contribution in [3.63, 3.8) is 0 Å². The van der Waals surface area contributed by atoms with E-state index in [4.69, 9.17) is 5.26 Å². The number of hydrogen-bond acceptors (Lipinski definition) is 4. The first-order chi connectivity index (χ1) is 9.21. The van der Waals surface area contributed by atoms with E-state index in [-0.39, 0.29) is 0 Å². The SMILES string of the molecule is CCc1cc(NCc2cccc(C#N)c2)nc(C)n1. The Bertz CT molecular complexity index is 614. The number of rotatable bonds is 4. The summed E-state index contributed by atoms with van der Waals surface area (Å²) < 4.78 is 0. The van der Waals surface area contributed by atoms with E-state index >= 15 is 0 Å². The van der Waals surface area contributed by atoms with Crippen LogP contribution in [0.4, 0.5) is 5.82 Å². The first-order valence-electron chi connectivity index (χ1n) is 6.28. The largest absolute Gasteiger partial charge is 0.366 e. The number of aromatic nitrogens is 2. The minimum atomic E-state index is 0.648. The Morgan fingerprint density at radius 1 is 1.26 bits per heavy atom. The van der Waals surface area contributed by atoms with Gasteiger partial charge in [-0.25, -0.2) is 9.97 Å². The molecule has 0 saturated heterocycles. The van der Waals surface area contributed by atoms with E-state index in [9.17, 15) is 0 Å².